The van der Waals surface area contributed by atoms with E-state index in [1.807, 2.05) is 0 Å². The molecule has 0 amide bonds. The Morgan fingerprint density at radius 1 is 1.55 bits per heavy atom. The number of aliphatic hydroxyl groups is 2. The Hall–Kier alpha value is -1.77. The topological polar surface area (TPSA) is 93.5 Å². The van der Waals surface area contributed by atoms with Crippen molar-refractivity contribution in [3.63, 3.8) is 0 Å². The van der Waals surface area contributed by atoms with Gasteiger partial charge in [-0.15, -0.1) is 0 Å². The number of fused-ring (bicyclic) bond motifs is 1. The van der Waals surface area contributed by atoms with Crippen molar-refractivity contribution < 1.29 is 23.7 Å². The quantitative estimate of drug-likeness (QED) is 0.772. The van der Waals surface area contributed by atoms with Crippen molar-refractivity contribution in [1.29, 1.82) is 0 Å². The number of hydrogen-bond donors (Lipinski definition) is 3. The summed E-state index contributed by atoms with van der Waals surface area (Å²) in [5, 5.41) is 19.7. The van der Waals surface area contributed by atoms with Crippen LogP contribution in [0.15, 0.2) is 18.5 Å². The number of pyridine rings is 1. The highest BCUT2D eigenvalue weighted by Gasteiger charge is 2.56. The van der Waals surface area contributed by atoms with Crippen LogP contribution in [0.3, 0.4) is 0 Å². The van der Waals surface area contributed by atoms with Crippen LogP contribution in [-0.2, 0) is 4.74 Å². The van der Waals surface area contributed by atoms with Crippen molar-refractivity contribution in [2.45, 2.75) is 44.1 Å². The molecule has 0 saturated carbocycles. The van der Waals surface area contributed by atoms with Gasteiger partial charge in [-0.05, 0) is 19.9 Å². The molecule has 0 aliphatic carbocycles. The normalized spacial score (nSPS) is 33.5. The predicted octanol–water partition coefficient (Wildman–Crippen LogP) is 1.12. The smallest absolute Gasteiger partial charge is 0.181 e. The lowest BCUT2D eigenvalue weighted by Gasteiger charge is -2.25. The average molecular weight is 313 g/mol. The summed E-state index contributed by atoms with van der Waals surface area (Å²) < 4.78 is 35.6. The lowest BCUT2D eigenvalue weighted by molar-refractivity contribution is -0.0795. The number of ether oxygens (including phenoxy) is 1. The summed E-state index contributed by atoms with van der Waals surface area (Å²) in [5.74, 6) is -0.657. The molecular weight excluding hydrogens is 296 g/mol. The molecule has 4 N–H and O–H groups in total. The first-order chi connectivity index (χ1) is 10.2. The summed E-state index contributed by atoms with van der Waals surface area (Å²) >= 11 is 0. The fraction of sp³-hybridized carbons (Fsp3) is 0.500. The highest BCUT2D eigenvalue weighted by atomic mass is 19.1. The molecule has 120 valence electrons. The predicted molar refractivity (Wildman–Crippen MR) is 75.2 cm³/mol. The third-order valence-corrected chi connectivity index (χ3v) is 4.09. The van der Waals surface area contributed by atoms with Gasteiger partial charge < -0.3 is 20.7 Å². The van der Waals surface area contributed by atoms with Crippen molar-refractivity contribution >= 4 is 16.7 Å². The zero-order valence-corrected chi connectivity index (χ0v) is 12.1. The van der Waals surface area contributed by atoms with E-state index in [1.165, 1.54) is 19.2 Å². The molecule has 22 heavy (non-hydrogen) atoms. The standard InChI is InChI=1S/C14H17F2N3O3/c1-6(20)10-11(21)14(2,16)13(22-10)19-5-7(15)9-8(17)3-4-18-12(9)19/h3-6,10-11,13,20-21H,1-2H3,(H2,17,18)/t6?,10-,11-,13-,14-/m1/s1. The van der Waals surface area contributed by atoms with Gasteiger partial charge in [-0.25, -0.2) is 13.8 Å². The SMILES string of the molecule is CC(O)[C@H]1O[C@@H](n2cc(F)c3c(N)ccnc32)[C@](C)(F)[C@@H]1O. The monoisotopic (exact) mass is 313 g/mol. The second-order valence-corrected chi connectivity index (χ2v) is 5.77. The Balaban J connectivity index is 2.14. The molecule has 0 aromatic carbocycles. The number of aromatic nitrogens is 2. The molecule has 5 atom stereocenters. The number of alkyl halides is 1. The number of rotatable bonds is 2. The van der Waals surface area contributed by atoms with E-state index in [-0.39, 0.29) is 16.7 Å². The first-order valence-electron chi connectivity index (χ1n) is 6.86. The van der Waals surface area contributed by atoms with Gasteiger partial charge in [0, 0.05) is 18.1 Å². The van der Waals surface area contributed by atoms with E-state index in [0.29, 0.717) is 0 Å². The Bertz CT molecular complexity index is 717. The largest absolute Gasteiger partial charge is 0.398 e. The molecule has 0 bridgehead atoms. The minimum atomic E-state index is -2.23. The van der Waals surface area contributed by atoms with E-state index in [0.717, 1.165) is 17.7 Å². The van der Waals surface area contributed by atoms with Crippen molar-refractivity contribution in [3.05, 3.63) is 24.3 Å². The van der Waals surface area contributed by atoms with Gasteiger partial charge in [-0.3, -0.25) is 4.57 Å². The Morgan fingerprint density at radius 3 is 2.82 bits per heavy atom. The van der Waals surface area contributed by atoms with Crippen LogP contribution in [-0.4, -0.2) is 43.7 Å². The molecule has 1 unspecified atom stereocenters. The van der Waals surface area contributed by atoms with Crippen LogP contribution < -0.4 is 5.73 Å². The van der Waals surface area contributed by atoms with Gasteiger partial charge in [-0.1, -0.05) is 0 Å². The number of nitrogen functional groups attached to an aromatic ring is 1. The van der Waals surface area contributed by atoms with E-state index in [2.05, 4.69) is 4.98 Å². The summed E-state index contributed by atoms with van der Waals surface area (Å²) in [4.78, 5) is 4.02. The Kier molecular flexibility index (Phi) is 3.35. The van der Waals surface area contributed by atoms with Gasteiger partial charge in [0.2, 0.25) is 0 Å². The minimum absolute atomic E-state index is 0.0666. The van der Waals surface area contributed by atoms with Crippen LogP contribution in [0, 0.1) is 5.82 Å². The Morgan fingerprint density at radius 2 is 2.23 bits per heavy atom. The fourth-order valence-electron chi connectivity index (χ4n) is 2.87. The average Bonchev–Trinajstić information content (AvgIpc) is 2.87. The Labute approximate surface area is 125 Å². The summed E-state index contributed by atoms with van der Waals surface area (Å²) in [6, 6.07) is 1.44. The van der Waals surface area contributed by atoms with Crippen molar-refractivity contribution in [2.75, 3.05) is 5.73 Å². The summed E-state index contributed by atoms with van der Waals surface area (Å²) in [6.45, 7) is 2.53. The molecule has 3 heterocycles. The number of nitrogens with zero attached hydrogens (tertiary/aromatic N) is 2. The number of hydrogen-bond acceptors (Lipinski definition) is 5. The van der Waals surface area contributed by atoms with Crippen molar-refractivity contribution in [3.8, 4) is 0 Å². The summed E-state index contributed by atoms with van der Waals surface area (Å²) in [7, 11) is 0. The number of anilines is 1. The van der Waals surface area contributed by atoms with Crippen molar-refractivity contribution in [1.82, 2.24) is 9.55 Å². The van der Waals surface area contributed by atoms with Crippen LogP contribution in [0.5, 0.6) is 0 Å². The van der Waals surface area contributed by atoms with Gasteiger partial charge in [0.1, 0.15) is 17.9 Å². The van der Waals surface area contributed by atoms with Crippen LogP contribution in [0.4, 0.5) is 14.5 Å². The highest BCUT2D eigenvalue weighted by molar-refractivity contribution is 5.89. The van der Waals surface area contributed by atoms with Gasteiger partial charge in [0.15, 0.2) is 17.7 Å². The van der Waals surface area contributed by atoms with E-state index < -0.39 is 36.0 Å². The lowest BCUT2D eigenvalue weighted by Crippen LogP contribution is -2.42. The minimum Gasteiger partial charge on any atom is -0.398 e. The maximum Gasteiger partial charge on any atom is 0.181 e. The summed E-state index contributed by atoms with van der Waals surface area (Å²) in [5.41, 5.74) is 3.78. The fourth-order valence-corrected chi connectivity index (χ4v) is 2.87. The second-order valence-electron chi connectivity index (χ2n) is 5.77. The molecule has 2 aromatic rings. The van der Waals surface area contributed by atoms with Crippen LogP contribution in [0.1, 0.15) is 20.1 Å². The van der Waals surface area contributed by atoms with E-state index >= 15 is 0 Å². The van der Waals surface area contributed by atoms with Crippen LogP contribution >= 0.6 is 0 Å². The molecule has 1 saturated heterocycles. The first kappa shape index (κ1) is 15.1. The van der Waals surface area contributed by atoms with Crippen molar-refractivity contribution in [2.24, 2.45) is 0 Å². The summed E-state index contributed by atoms with van der Waals surface area (Å²) in [6.07, 6.45) is -2.68. The number of aliphatic hydroxyl groups excluding tert-OH is 2. The zero-order valence-electron chi connectivity index (χ0n) is 12.1. The molecule has 0 spiro atoms. The molecule has 3 rings (SSSR count). The first-order valence-corrected chi connectivity index (χ1v) is 6.86. The van der Waals surface area contributed by atoms with Crippen LogP contribution in [0.25, 0.3) is 11.0 Å². The van der Waals surface area contributed by atoms with Gasteiger partial charge in [0.05, 0.1) is 11.5 Å². The molecule has 0 radical (unpaired) electrons. The number of nitrogens with two attached hydrogens (primary N) is 1. The third kappa shape index (κ3) is 1.98. The van der Waals surface area contributed by atoms with Gasteiger partial charge >= 0.3 is 0 Å². The molecule has 2 aromatic heterocycles. The third-order valence-electron chi connectivity index (χ3n) is 4.09. The van der Waals surface area contributed by atoms with Gasteiger partial charge in [-0.2, -0.15) is 0 Å². The zero-order chi connectivity index (χ0) is 16.2. The molecule has 6 nitrogen and oxygen atoms in total. The van der Waals surface area contributed by atoms with Gasteiger partial charge in [0.25, 0.3) is 0 Å². The molecule has 1 fully saturated rings. The van der Waals surface area contributed by atoms with E-state index in [1.54, 1.807) is 0 Å². The maximum absolute atomic E-state index is 14.9. The molecular formula is C14H17F2N3O3. The molecule has 8 heteroatoms. The highest BCUT2D eigenvalue weighted by Crippen LogP contribution is 2.44. The number of halogens is 2. The molecule has 1 aliphatic heterocycles. The van der Waals surface area contributed by atoms with E-state index in [4.69, 9.17) is 10.5 Å². The molecule has 1 aliphatic rings. The van der Waals surface area contributed by atoms with E-state index in [9.17, 15) is 19.0 Å². The lowest BCUT2D eigenvalue weighted by atomic mass is 9.96. The second kappa shape index (κ2) is 4.87. The maximum atomic E-state index is 14.9. The van der Waals surface area contributed by atoms with Crippen LogP contribution in [0.2, 0.25) is 0 Å².